The lowest BCUT2D eigenvalue weighted by atomic mass is 10.2. The van der Waals surface area contributed by atoms with Gasteiger partial charge in [-0.15, -0.1) is 0 Å². The molecule has 0 heterocycles. The summed E-state index contributed by atoms with van der Waals surface area (Å²) in [6.07, 6.45) is 1.30. The Bertz CT molecular complexity index is 886. The Hall–Kier alpha value is -2.74. The standard InChI is InChI=1S/C21H29N3O4S/c1-17(28-20-13-11-19(12-14-20)24(3)29(4,26)27)21(25)22-15-8-16-23(2)18-9-6-5-7-10-18/h5-7,9-14,17H,8,15-16H2,1-4H3,(H,22,25)/t17-/m0/s1. The topological polar surface area (TPSA) is 78.9 Å². The Morgan fingerprint density at radius 1 is 1.03 bits per heavy atom. The van der Waals surface area contributed by atoms with Crippen LogP contribution in [0.4, 0.5) is 11.4 Å². The molecule has 0 aliphatic rings. The second-order valence-corrected chi connectivity index (χ2v) is 8.90. The van der Waals surface area contributed by atoms with Crippen molar-refractivity contribution in [1.29, 1.82) is 0 Å². The Balaban J connectivity index is 1.76. The van der Waals surface area contributed by atoms with Crippen molar-refractivity contribution in [3.05, 3.63) is 54.6 Å². The number of hydrogen-bond donors (Lipinski definition) is 1. The minimum absolute atomic E-state index is 0.190. The molecule has 0 spiro atoms. The number of hydrogen-bond acceptors (Lipinski definition) is 5. The van der Waals surface area contributed by atoms with Crippen LogP contribution >= 0.6 is 0 Å². The largest absolute Gasteiger partial charge is 0.481 e. The van der Waals surface area contributed by atoms with E-state index in [0.29, 0.717) is 18.0 Å². The number of rotatable bonds is 10. The van der Waals surface area contributed by atoms with Crippen LogP contribution in [-0.2, 0) is 14.8 Å². The zero-order valence-electron chi connectivity index (χ0n) is 17.3. The van der Waals surface area contributed by atoms with E-state index in [1.54, 1.807) is 31.2 Å². The van der Waals surface area contributed by atoms with E-state index in [2.05, 4.69) is 10.2 Å². The molecule has 0 bridgehead atoms. The van der Waals surface area contributed by atoms with Gasteiger partial charge in [-0.1, -0.05) is 18.2 Å². The van der Waals surface area contributed by atoms with E-state index in [1.807, 2.05) is 37.4 Å². The lowest BCUT2D eigenvalue weighted by Gasteiger charge is -2.20. The molecule has 1 atom stereocenters. The van der Waals surface area contributed by atoms with Gasteiger partial charge < -0.3 is 15.0 Å². The number of carbonyl (C=O) groups excluding carboxylic acids is 1. The van der Waals surface area contributed by atoms with Gasteiger partial charge in [-0.05, 0) is 49.7 Å². The molecule has 2 rings (SSSR count). The van der Waals surface area contributed by atoms with Crippen LogP contribution in [0.15, 0.2) is 54.6 Å². The van der Waals surface area contributed by atoms with Gasteiger partial charge in [0.1, 0.15) is 5.75 Å². The Morgan fingerprint density at radius 3 is 2.24 bits per heavy atom. The van der Waals surface area contributed by atoms with E-state index in [-0.39, 0.29) is 5.91 Å². The molecule has 2 aromatic carbocycles. The number of ether oxygens (including phenoxy) is 1. The maximum Gasteiger partial charge on any atom is 0.260 e. The molecule has 1 amide bonds. The van der Waals surface area contributed by atoms with Crippen molar-refractivity contribution >= 4 is 27.3 Å². The van der Waals surface area contributed by atoms with Crippen LogP contribution < -0.4 is 19.3 Å². The summed E-state index contributed by atoms with van der Waals surface area (Å²) in [4.78, 5) is 14.4. The van der Waals surface area contributed by atoms with Crippen LogP contribution in [0.1, 0.15) is 13.3 Å². The highest BCUT2D eigenvalue weighted by Crippen LogP contribution is 2.21. The highest BCUT2D eigenvalue weighted by Gasteiger charge is 2.15. The molecule has 0 aliphatic heterocycles. The zero-order valence-corrected chi connectivity index (χ0v) is 18.1. The number of amides is 1. The summed E-state index contributed by atoms with van der Waals surface area (Å²) >= 11 is 0. The van der Waals surface area contributed by atoms with Gasteiger partial charge in [0.15, 0.2) is 6.10 Å². The molecular formula is C21H29N3O4S. The minimum atomic E-state index is -3.32. The lowest BCUT2D eigenvalue weighted by Crippen LogP contribution is -2.37. The number of nitrogens with one attached hydrogen (secondary N) is 1. The fraction of sp³-hybridized carbons (Fsp3) is 0.381. The first-order chi connectivity index (χ1) is 13.7. The highest BCUT2D eigenvalue weighted by molar-refractivity contribution is 7.92. The molecule has 2 aromatic rings. The molecule has 158 valence electrons. The predicted molar refractivity (Wildman–Crippen MR) is 117 cm³/mol. The average Bonchev–Trinajstić information content (AvgIpc) is 2.70. The average molecular weight is 420 g/mol. The van der Waals surface area contributed by atoms with Gasteiger partial charge in [-0.2, -0.15) is 0 Å². The van der Waals surface area contributed by atoms with E-state index in [4.69, 9.17) is 4.74 Å². The van der Waals surface area contributed by atoms with Gasteiger partial charge in [0.2, 0.25) is 10.0 Å². The number of nitrogens with zero attached hydrogens (tertiary/aromatic N) is 2. The third kappa shape index (κ3) is 6.98. The molecule has 8 heteroatoms. The van der Waals surface area contributed by atoms with Crippen molar-refractivity contribution in [1.82, 2.24) is 5.32 Å². The van der Waals surface area contributed by atoms with Gasteiger partial charge in [0.05, 0.1) is 11.9 Å². The van der Waals surface area contributed by atoms with E-state index in [0.717, 1.165) is 24.9 Å². The third-order valence-corrected chi connectivity index (χ3v) is 5.75. The number of sulfonamides is 1. The van der Waals surface area contributed by atoms with Crippen LogP contribution in [0.3, 0.4) is 0 Å². The van der Waals surface area contributed by atoms with Crippen LogP contribution in [0.2, 0.25) is 0 Å². The van der Waals surface area contributed by atoms with E-state index < -0.39 is 16.1 Å². The first-order valence-corrected chi connectivity index (χ1v) is 11.3. The van der Waals surface area contributed by atoms with Crippen molar-refractivity contribution < 1.29 is 17.9 Å². The van der Waals surface area contributed by atoms with Gasteiger partial charge >= 0.3 is 0 Å². The monoisotopic (exact) mass is 419 g/mol. The summed E-state index contributed by atoms with van der Waals surface area (Å²) in [7, 11) is 0.187. The molecule has 0 aromatic heterocycles. The second-order valence-electron chi connectivity index (χ2n) is 6.89. The van der Waals surface area contributed by atoms with Gasteiger partial charge in [0, 0.05) is 32.9 Å². The van der Waals surface area contributed by atoms with Crippen molar-refractivity contribution in [2.75, 3.05) is 42.6 Å². The van der Waals surface area contributed by atoms with Crippen molar-refractivity contribution in [2.45, 2.75) is 19.4 Å². The van der Waals surface area contributed by atoms with E-state index >= 15 is 0 Å². The maximum atomic E-state index is 12.2. The summed E-state index contributed by atoms with van der Waals surface area (Å²) in [5.41, 5.74) is 1.67. The molecule has 0 saturated carbocycles. The minimum Gasteiger partial charge on any atom is -0.481 e. The highest BCUT2D eigenvalue weighted by atomic mass is 32.2. The summed E-state index contributed by atoms with van der Waals surface area (Å²) in [5.74, 6) is 0.312. The molecule has 7 nitrogen and oxygen atoms in total. The Labute approximate surface area is 173 Å². The fourth-order valence-electron chi connectivity index (χ4n) is 2.67. The summed E-state index contributed by atoms with van der Waals surface area (Å²) in [6, 6.07) is 16.7. The van der Waals surface area contributed by atoms with Crippen molar-refractivity contribution in [3.8, 4) is 5.75 Å². The molecular weight excluding hydrogens is 390 g/mol. The molecule has 0 radical (unpaired) electrons. The molecule has 0 fully saturated rings. The molecule has 0 saturated heterocycles. The zero-order chi connectivity index (χ0) is 21.4. The van der Waals surface area contributed by atoms with Crippen LogP contribution in [0.5, 0.6) is 5.75 Å². The van der Waals surface area contributed by atoms with Crippen molar-refractivity contribution in [3.63, 3.8) is 0 Å². The molecule has 29 heavy (non-hydrogen) atoms. The number of para-hydroxylation sites is 1. The van der Waals surface area contributed by atoms with Crippen LogP contribution in [0.25, 0.3) is 0 Å². The van der Waals surface area contributed by atoms with Crippen molar-refractivity contribution in [2.24, 2.45) is 0 Å². The Morgan fingerprint density at radius 2 is 1.66 bits per heavy atom. The van der Waals surface area contributed by atoms with Crippen LogP contribution in [-0.4, -0.2) is 53.9 Å². The first-order valence-electron chi connectivity index (χ1n) is 9.43. The van der Waals surface area contributed by atoms with E-state index in [1.165, 1.54) is 11.4 Å². The maximum absolute atomic E-state index is 12.2. The number of benzene rings is 2. The van der Waals surface area contributed by atoms with Gasteiger partial charge in [-0.25, -0.2) is 8.42 Å². The summed E-state index contributed by atoms with van der Waals surface area (Å²) in [6.45, 7) is 3.07. The molecule has 0 unspecified atom stereocenters. The second kappa shape index (κ2) is 10.2. The van der Waals surface area contributed by atoms with Gasteiger partial charge in [0.25, 0.3) is 5.91 Å². The van der Waals surface area contributed by atoms with E-state index in [9.17, 15) is 13.2 Å². The Kier molecular flexibility index (Phi) is 7.90. The molecule has 1 N–H and O–H groups in total. The third-order valence-electron chi connectivity index (χ3n) is 4.55. The quantitative estimate of drug-likeness (QED) is 0.599. The fourth-order valence-corrected chi connectivity index (χ4v) is 3.17. The lowest BCUT2D eigenvalue weighted by molar-refractivity contribution is -0.127. The number of carbonyl (C=O) groups is 1. The first kappa shape index (κ1) is 22.5. The predicted octanol–water partition coefficient (Wildman–Crippen LogP) is 2.49. The number of anilines is 2. The normalized spacial score (nSPS) is 12.1. The van der Waals surface area contributed by atoms with Crippen LogP contribution in [0, 0.1) is 0 Å². The summed E-state index contributed by atoms with van der Waals surface area (Å²) in [5, 5.41) is 2.88. The van der Waals surface area contributed by atoms with Gasteiger partial charge in [-0.3, -0.25) is 9.10 Å². The summed E-state index contributed by atoms with van der Waals surface area (Å²) < 4.78 is 30.0. The smallest absolute Gasteiger partial charge is 0.260 e. The SMILES string of the molecule is C[C@H](Oc1ccc(N(C)S(C)(=O)=O)cc1)C(=O)NCCCN(C)c1ccccc1. The molecule has 0 aliphatic carbocycles.